The summed E-state index contributed by atoms with van der Waals surface area (Å²) in [6.45, 7) is 1.69. The molecule has 0 aliphatic carbocycles. The smallest absolute Gasteiger partial charge is 0.262 e. The zero-order chi connectivity index (χ0) is 13.3. The van der Waals surface area contributed by atoms with Crippen molar-refractivity contribution < 1.29 is 9.18 Å². The number of benzene rings is 1. The first-order chi connectivity index (χ1) is 8.49. The van der Waals surface area contributed by atoms with Crippen LogP contribution in [-0.2, 0) is 7.05 Å². The third-order valence-corrected chi connectivity index (χ3v) is 2.60. The molecule has 1 heterocycles. The number of anilines is 1. The van der Waals surface area contributed by atoms with Crippen LogP contribution in [0.2, 0.25) is 5.02 Å². The molecule has 0 atom stereocenters. The van der Waals surface area contributed by atoms with Crippen LogP contribution in [0.4, 0.5) is 10.3 Å². The van der Waals surface area contributed by atoms with Crippen molar-refractivity contribution in [3.63, 3.8) is 0 Å². The van der Waals surface area contributed by atoms with Crippen molar-refractivity contribution in [1.82, 2.24) is 14.8 Å². The van der Waals surface area contributed by atoms with Crippen molar-refractivity contribution in [3.8, 4) is 0 Å². The predicted molar refractivity (Wildman–Crippen MR) is 65.1 cm³/mol. The Morgan fingerprint density at radius 1 is 1.50 bits per heavy atom. The monoisotopic (exact) mass is 268 g/mol. The van der Waals surface area contributed by atoms with Crippen molar-refractivity contribution in [3.05, 3.63) is 40.4 Å². The van der Waals surface area contributed by atoms with Crippen LogP contribution in [0.25, 0.3) is 0 Å². The van der Waals surface area contributed by atoms with Gasteiger partial charge in [0, 0.05) is 7.05 Å². The van der Waals surface area contributed by atoms with Gasteiger partial charge in [-0.15, -0.1) is 0 Å². The fraction of sp³-hybridized carbons (Fsp3) is 0.182. The summed E-state index contributed by atoms with van der Waals surface area (Å²) in [6, 6.07) is 4.05. The van der Waals surface area contributed by atoms with Gasteiger partial charge in [0.2, 0.25) is 5.95 Å². The fourth-order valence-corrected chi connectivity index (χ4v) is 1.75. The number of aryl methyl sites for hydroxylation is 2. The van der Waals surface area contributed by atoms with E-state index in [1.165, 1.54) is 22.9 Å². The predicted octanol–water partition coefficient (Wildman–Crippen LogP) is 2.17. The maximum Gasteiger partial charge on any atom is 0.262 e. The number of halogens is 2. The first-order valence-corrected chi connectivity index (χ1v) is 5.50. The second kappa shape index (κ2) is 4.73. The Morgan fingerprint density at radius 3 is 2.78 bits per heavy atom. The number of carbonyl (C=O) groups excluding carboxylic acids is 1. The molecule has 7 heteroatoms. The third-order valence-electron chi connectivity index (χ3n) is 2.28. The van der Waals surface area contributed by atoms with Gasteiger partial charge in [-0.2, -0.15) is 10.1 Å². The molecule has 1 aromatic heterocycles. The van der Waals surface area contributed by atoms with Gasteiger partial charge in [0.1, 0.15) is 11.6 Å². The van der Waals surface area contributed by atoms with Crippen LogP contribution in [-0.4, -0.2) is 20.7 Å². The molecule has 0 radical (unpaired) electrons. The lowest BCUT2D eigenvalue weighted by Gasteiger charge is -2.06. The molecular formula is C11H10ClFN4O. The first-order valence-electron chi connectivity index (χ1n) is 5.12. The summed E-state index contributed by atoms with van der Waals surface area (Å²) in [5.74, 6) is -0.600. The Kier molecular flexibility index (Phi) is 3.29. The van der Waals surface area contributed by atoms with E-state index in [1.807, 2.05) is 0 Å². The lowest BCUT2D eigenvalue weighted by molar-refractivity contribution is 0.102. The van der Waals surface area contributed by atoms with Gasteiger partial charge in [-0.3, -0.25) is 10.1 Å². The Bertz CT molecular complexity index is 591. The summed E-state index contributed by atoms with van der Waals surface area (Å²) in [5.41, 5.74) is -0.209. The van der Waals surface area contributed by atoms with E-state index in [2.05, 4.69) is 15.4 Å². The average molecular weight is 269 g/mol. The number of hydrogen-bond donors (Lipinski definition) is 1. The van der Waals surface area contributed by atoms with Gasteiger partial charge in [-0.05, 0) is 19.1 Å². The molecule has 2 aromatic rings. The zero-order valence-corrected chi connectivity index (χ0v) is 10.5. The fourth-order valence-electron chi connectivity index (χ4n) is 1.50. The van der Waals surface area contributed by atoms with Crippen LogP contribution in [0.3, 0.4) is 0 Å². The summed E-state index contributed by atoms with van der Waals surface area (Å²) in [4.78, 5) is 15.9. The van der Waals surface area contributed by atoms with E-state index in [0.29, 0.717) is 5.82 Å². The molecule has 1 N–H and O–H groups in total. The number of rotatable bonds is 2. The highest BCUT2D eigenvalue weighted by molar-refractivity contribution is 6.34. The van der Waals surface area contributed by atoms with Crippen LogP contribution >= 0.6 is 11.6 Å². The lowest BCUT2D eigenvalue weighted by Crippen LogP contribution is -2.17. The Balaban J connectivity index is 2.30. The Hall–Kier alpha value is -1.95. The zero-order valence-electron chi connectivity index (χ0n) is 9.74. The van der Waals surface area contributed by atoms with E-state index in [4.69, 9.17) is 11.6 Å². The molecule has 0 bridgehead atoms. The first kappa shape index (κ1) is 12.5. The number of hydrogen-bond acceptors (Lipinski definition) is 3. The van der Waals surface area contributed by atoms with Gasteiger partial charge in [0.25, 0.3) is 5.91 Å². The molecule has 0 spiro atoms. The number of aromatic nitrogens is 3. The van der Waals surface area contributed by atoms with Crippen LogP contribution in [0.5, 0.6) is 0 Å². The summed E-state index contributed by atoms with van der Waals surface area (Å²) in [6.07, 6.45) is 0. The van der Waals surface area contributed by atoms with Crippen LogP contribution in [0, 0.1) is 12.7 Å². The van der Waals surface area contributed by atoms with E-state index in [0.717, 1.165) is 0 Å². The molecular weight excluding hydrogens is 259 g/mol. The standard InChI is InChI=1S/C11H10ClFN4O/c1-6-14-11(17(2)16-6)15-10(18)9-7(12)4-3-5-8(9)13/h3-5H,1-2H3,(H,14,15,16,18). The van der Waals surface area contributed by atoms with Crippen molar-refractivity contribution in [2.45, 2.75) is 6.92 Å². The average Bonchev–Trinajstić information content (AvgIpc) is 2.57. The highest BCUT2D eigenvalue weighted by atomic mass is 35.5. The summed E-state index contributed by atoms with van der Waals surface area (Å²) in [5, 5.41) is 6.47. The van der Waals surface area contributed by atoms with E-state index in [-0.39, 0.29) is 16.5 Å². The van der Waals surface area contributed by atoms with E-state index in [9.17, 15) is 9.18 Å². The molecule has 1 aromatic carbocycles. The molecule has 5 nitrogen and oxygen atoms in total. The largest absolute Gasteiger partial charge is 0.290 e. The lowest BCUT2D eigenvalue weighted by atomic mass is 10.2. The molecule has 0 unspecified atom stereocenters. The molecule has 0 fully saturated rings. The molecule has 2 rings (SSSR count). The van der Waals surface area contributed by atoms with Crippen LogP contribution in [0.15, 0.2) is 18.2 Å². The van der Waals surface area contributed by atoms with Gasteiger partial charge in [-0.1, -0.05) is 17.7 Å². The third kappa shape index (κ3) is 2.33. The van der Waals surface area contributed by atoms with Crippen molar-refractivity contribution in [2.24, 2.45) is 7.05 Å². The second-order valence-corrected chi connectivity index (χ2v) is 4.06. The summed E-state index contributed by atoms with van der Waals surface area (Å²) in [7, 11) is 1.62. The molecule has 0 aliphatic heterocycles. The molecule has 1 amide bonds. The molecule has 0 aliphatic rings. The van der Waals surface area contributed by atoms with E-state index < -0.39 is 11.7 Å². The van der Waals surface area contributed by atoms with Crippen LogP contribution < -0.4 is 5.32 Å². The summed E-state index contributed by atoms with van der Waals surface area (Å²) >= 11 is 5.79. The Labute approximate surface area is 108 Å². The molecule has 0 saturated carbocycles. The molecule has 18 heavy (non-hydrogen) atoms. The molecule has 94 valence electrons. The SMILES string of the molecule is Cc1nc(NC(=O)c2c(F)cccc2Cl)n(C)n1. The van der Waals surface area contributed by atoms with Gasteiger partial charge in [-0.25, -0.2) is 9.07 Å². The van der Waals surface area contributed by atoms with Gasteiger partial charge >= 0.3 is 0 Å². The minimum Gasteiger partial charge on any atom is -0.290 e. The number of amides is 1. The second-order valence-electron chi connectivity index (χ2n) is 3.66. The maximum atomic E-state index is 13.5. The van der Waals surface area contributed by atoms with Gasteiger partial charge in [0.15, 0.2) is 0 Å². The number of carbonyl (C=O) groups is 1. The minimum atomic E-state index is -0.682. The normalized spacial score (nSPS) is 10.4. The van der Waals surface area contributed by atoms with Crippen molar-refractivity contribution >= 4 is 23.5 Å². The highest BCUT2D eigenvalue weighted by Crippen LogP contribution is 2.20. The van der Waals surface area contributed by atoms with Crippen LogP contribution in [0.1, 0.15) is 16.2 Å². The summed E-state index contributed by atoms with van der Waals surface area (Å²) < 4.78 is 14.9. The number of nitrogens with one attached hydrogen (secondary N) is 1. The minimum absolute atomic E-state index is 0.0476. The quantitative estimate of drug-likeness (QED) is 0.908. The van der Waals surface area contributed by atoms with Crippen molar-refractivity contribution in [2.75, 3.05) is 5.32 Å². The Morgan fingerprint density at radius 2 is 2.22 bits per heavy atom. The topological polar surface area (TPSA) is 59.8 Å². The van der Waals surface area contributed by atoms with Crippen molar-refractivity contribution in [1.29, 1.82) is 0 Å². The number of nitrogens with zero attached hydrogens (tertiary/aromatic N) is 3. The van der Waals surface area contributed by atoms with E-state index in [1.54, 1.807) is 14.0 Å². The highest BCUT2D eigenvalue weighted by Gasteiger charge is 2.17. The molecule has 0 saturated heterocycles. The van der Waals surface area contributed by atoms with Gasteiger partial charge in [0.05, 0.1) is 10.6 Å². The maximum absolute atomic E-state index is 13.5. The van der Waals surface area contributed by atoms with Gasteiger partial charge < -0.3 is 0 Å². The van der Waals surface area contributed by atoms with E-state index >= 15 is 0 Å².